The van der Waals surface area contributed by atoms with Crippen LogP contribution in [0.2, 0.25) is 0 Å². The SMILES string of the molecule is CN(c1ccccc1)c1n[nH]c(CCc2ccccc2)n1. The molecule has 0 saturated carbocycles. The van der Waals surface area contributed by atoms with Gasteiger partial charge in [0.1, 0.15) is 5.82 Å². The van der Waals surface area contributed by atoms with Gasteiger partial charge in [-0.25, -0.2) is 0 Å². The first kappa shape index (κ1) is 13.4. The highest BCUT2D eigenvalue weighted by Crippen LogP contribution is 2.19. The Morgan fingerprint density at radius 2 is 1.57 bits per heavy atom. The van der Waals surface area contributed by atoms with Gasteiger partial charge in [-0.3, -0.25) is 5.10 Å². The maximum Gasteiger partial charge on any atom is 0.248 e. The number of benzene rings is 2. The molecule has 0 amide bonds. The lowest BCUT2D eigenvalue weighted by Gasteiger charge is -2.13. The zero-order chi connectivity index (χ0) is 14.5. The zero-order valence-electron chi connectivity index (χ0n) is 12.0. The van der Waals surface area contributed by atoms with Crippen molar-refractivity contribution >= 4 is 11.6 Å². The van der Waals surface area contributed by atoms with Crippen LogP contribution in [0.25, 0.3) is 0 Å². The van der Waals surface area contributed by atoms with Crippen molar-refractivity contribution in [2.75, 3.05) is 11.9 Å². The standard InChI is InChI=1S/C17H18N4/c1-21(15-10-6-3-7-11-15)17-18-16(19-20-17)13-12-14-8-4-2-5-9-14/h2-11H,12-13H2,1H3,(H,18,19,20). The molecule has 2 aromatic carbocycles. The summed E-state index contributed by atoms with van der Waals surface area (Å²) >= 11 is 0. The van der Waals surface area contributed by atoms with Crippen LogP contribution < -0.4 is 4.90 Å². The molecule has 0 aliphatic heterocycles. The van der Waals surface area contributed by atoms with E-state index in [2.05, 4.69) is 39.4 Å². The summed E-state index contributed by atoms with van der Waals surface area (Å²) in [6, 6.07) is 20.5. The third-order valence-corrected chi connectivity index (χ3v) is 3.46. The molecule has 0 spiro atoms. The van der Waals surface area contributed by atoms with Crippen molar-refractivity contribution in [2.24, 2.45) is 0 Å². The van der Waals surface area contributed by atoms with E-state index >= 15 is 0 Å². The van der Waals surface area contributed by atoms with Gasteiger partial charge in [-0.15, -0.1) is 5.10 Å². The van der Waals surface area contributed by atoms with Gasteiger partial charge in [-0.2, -0.15) is 4.98 Å². The summed E-state index contributed by atoms with van der Waals surface area (Å²) in [6.45, 7) is 0. The number of para-hydroxylation sites is 1. The number of anilines is 2. The monoisotopic (exact) mass is 278 g/mol. The fraction of sp³-hybridized carbons (Fsp3) is 0.176. The molecule has 0 aliphatic rings. The fourth-order valence-electron chi connectivity index (χ4n) is 2.22. The fourth-order valence-corrected chi connectivity index (χ4v) is 2.22. The first-order valence-corrected chi connectivity index (χ1v) is 7.07. The van der Waals surface area contributed by atoms with Crippen molar-refractivity contribution in [1.29, 1.82) is 0 Å². The summed E-state index contributed by atoms with van der Waals surface area (Å²) in [6.07, 6.45) is 1.82. The molecule has 4 nitrogen and oxygen atoms in total. The summed E-state index contributed by atoms with van der Waals surface area (Å²) in [7, 11) is 1.97. The van der Waals surface area contributed by atoms with Crippen molar-refractivity contribution in [3.8, 4) is 0 Å². The third kappa shape index (κ3) is 3.28. The Labute approximate surface area is 124 Å². The molecule has 0 radical (unpaired) electrons. The van der Waals surface area contributed by atoms with E-state index < -0.39 is 0 Å². The molecular formula is C17H18N4. The van der Waals surface area contributed by atoms with E-state index in [0.29, 0.717) is 5.95 Å². The minimum absolute atomic E-state index is 0.698. The van der Waals surface area contributed by atoms with E-state index in [1.807, 2.05) is 48.3 Å². The molecule has 0 aliphatic carbocycles. The Balaban J connectivity index is 1.66. The molecule has 0 bridgehead atoms. The highest BCUT2D eigenvalue weighted by molar-refractivity contribution is 5.55. The Bertz CT molecular complexity index is 676. The van der Waals surface area contributed by atoms with E-state index in [0.717, 1.165) is 24.4 Å². The average Bonchev–Trinajstić information content (AvgIpc) is 3.03. The van der Waals surface area contributed by atoms with E-state index in [1.54, 1.807) is 0 Å². The maximum absolute atomic E-state index is 4.56. The largest absolute Gasteiger partial charge is 0.312 e. The molecule has 21 heavy (non-hydrogen) atoms. The number of hydrogen-bond acceptors (Lipinski definition) is 3. The van der Waals surface area contributed by atoms with Crippen molar-refractivity contribution in [2.45, 2.75) is 12.8 Å². The Morgan fingerprint density at radius 1 is 0.905 bits per heavy atom. The quantitative estimate of drug-likeness (QED) is 0.778. The second kappa shape index (κ2) is 6.22. The number of aromatic amines is 1. The molecule has 1 aromatic heterocycles. The summed E-state index contributed by atoms with van der Waals surface area (Å²) < 4.78 is 0. The molecule has 106 valence electrons. The number of aryl methyl sites for hydroxylation is 2. The molecule has 0 saturated heterocycles. The minimum Gasteiger partial charge on any atom is -0.312 e. The van der Waals surface area contributed by atoms with Crippen molar-refractivity contribution in [3.05, 3.63) is 72.1 Å². The van der Waals surface area contributed by atoms with Gasteiger partial charge >= 0.3 is 0 Å². The van der Waals surface area contributed by atoms with Gasteiger partial charge in [0, 0.05) is 19.2 Å². The first-order valence-electron chi connectivity index (χ1n) is 7.07. The summed E-state index contributed by atoms with van der Waals surface area (Å²) in [4.78, 5) is 6.54. The minimum atomic E-state index is 0.698. The molecule has 0 fully saturated rings. The average molecular weight is 278 g/mol. The van der Waals surface area contributed by atoms with Crippen LogP contribution in [0.1, 0.15) is 11.4 Å². The van der Waals surface area contributed by atoms with Gasteiger partial charge in [0.25, 0.3) is 0 Å². The van der Waals surface area contributed by atoms with Gasteiger partial charge in [-0.05, 0) is 24.1 Å². The Kier molecular flexibility index (Phi) is 3.96. The van der Waals surface area contributed by atoms with Gasteiger partial charge in [0.2, 0.25) is 5.95 Å². The smallest absolute Gasteiger partial charge is 0.248 e. The number of nitrogens with one attached hydrogen (secondary N) is 1. The van der Waals surface area contributed by atoms with E-state index in [-0.39, 0.29) is 0 Å². The van der Waals surface area contributed by atoms with Crippen LogP contribution in [0.4, 0.5) is 11.6 Å². The van der Waals surface area contributed by atoms with Gasteiger partial charge in [0.05, 0.1) is 0 Å². The Morgan fingerprint density at radius 3 is 2.29 bits per heavy atom. The van der Waals surface area contributed by atoms with Gasteiger partial charge < -0.3 is 4.90 Å². The predicted octanol–water partition coefficient (Wildman–Crippen LogP) is 3.36. The summed E-state index contributed by atoms with van der Waals surface area (Å²) in [5.74, 6) is 1.61. The van der Waals surface area contributed by atoms with Crippen LogP contribution >= 0.6 is 0 Å². The van der Waals surface area contributed by atoms with Crippen LogP contribution in [-0.4, -0.2) is 22.2 Å². The lowest BCUT2D eigenvalue weighted by atomic mass is 10.1. The van der Waals surface area contributed by atoms with Crippen LogP contribution in [0.3, 0.4) is 0 Å². The number of aromatic nitrogens is 3. The molecule has 1 heterocycles. The molecular weight excluding hydrogens is 260 g/mol. The van der Waals surface area contributed by atoms with Crippen molar-refractivity contribution in [1.82, 2.24) is 15.2 Å². The third-order valence-electron chi connectivity index (χ3n) is 3.46. The van der Waals surface area contributed by atoms with Gasteiger partial charge in [-0.1, -0.05) is 48.5 Å². The topological polar surface area (TPSA) is 44.8 Å². The van der Waals surface area contributed by atoms with E-state index in [4.69, 9.17) is 0 Å². The first-order chi connectivity index (χ1) is 10.3. The molecule has 0 unspecified atom stereocenters. The van der Waals surface area contributed by atoms with Crippen LogP contribution in [-0.2, 0) is 12.8 Å². The van der Waals surface area contributed by atoms with Crippen molar-refractivity contribution in [3.63, 3.8) is 0 Å². The zero-order valence-corrected chi connectivity index (χ0v) is 12.0. The van der Waals surface area contributed by atoms with Crippen LogP contribution in [0.5, 0.6) is 0 Å². The molecule has 4 heteroatoms. The van der Waals surface area contributed by atoms with Crippen LogP contribution in [0.15, 0.2) is 60.7 Å². The highest BCUT2D eigenvalue weighted by atomic mass is 15.3. The lowest BCUT2D eigenvalue weighted by Crippen LogP contribution is -2.10. The van der Waals surface area contributed by atoms with E-state index in [1.165, 1.54) is 5.56 Å². The normalized spacial score (nSPS) is 10.5. The summed E-state index contributed by atoms with van der Waals surface area (Å²) in [5.41, 5.74) is 2.39. The second-order valence-corrected chi connectivity index (χ2v) is 4.96. The maximum atomic E-state index is 4.56. The molecule has 3 aromatic rings. The van der Waals surface area contributed by atoms with Gasteiger partial charge in [0.15, 0.2) is 0 Å². The number of hydrogen-bond donors (Lipinski definition) is 1. The second-order valence-electron chi connectivity index (χ2n) is 4.96. The molecule has 3 rings (SSSR count). The number of nitrogens with zero attached hydrogens (tertiary/aromatic N) is 3. The Hall–Kier alpha value is -2.62. The lowest BCUT2D eigenvalue weighted by molar-refractivity contribution is 0.865. The van der Waals surface area contributed by atoms with Crippen LogP contribution in [0, 0.1) is 0 Å². The highest BCUT2D eigenvalue weighted by Gasteiger charge is 2.09. The molecule has 0 atom stereocenters. The van der Waals surface area contributed by atoms with Crippen molar-refractivity contribution < 1.29 is 0 Å². The number of rotatable bonds is 5. The molecule has 1 N–H and O–H groups in total. The summed E-state index contributed by atoms with van der Waals surface area (Å²) in [5, 5.41) is 7.32. The van der Waals surface area contributed by atoms with E-state index in [9.17, 15) is 0 Å². The number of H-pyrrole nitrogens is 1. The predicted molar refractivity (Wildman–Crippen MR) is 84.7 cm³/mol.